The molecule has 0 saturated heterocycles. The van der Waals surface area contributed by atoms with E-state index in [1.54, 1.807) is 19.2 Å². The van der Waals surface area contributed by atoms with Crippen LogP contribution >= 0.6 is 0 Å². The van der Waals surface area contributed by atoms with Crippen LogP contribution in [0.1, 0.15) is 22.5 Å². The molecule has 2 N–H and O–H groups in total. The lowest BCUT2D eigenvalue weighted by atomic mass is 10.2. The first-order chi connectivity index (χ1) is 7.13. The minimum Gasteiger partial charge on any atom is -0.481 e. The number of hydrogen-bond donors (Lipinski definition) is 2. The summed E-state index contributed by atoms with van der Waals surface area (Å²) >= 11 is 0. The predicted octanol–water partition coefficient (Wildman–Crippen LogP) is 0.458. The van der Waals surface area contributed by atoms with E-state index in [2.05, 4.69) is 10.3 Å². The Morgan fingerprint density at radius 1 is 1.47 bits per heavy atom. The van der Waals surface area contributed by atoms with Gasteiger partial charge in [-0.2, -0.15) is 0 Å². The Morgan fingerprint density at radius 3 is 2.67 bits per heavy atom. The Labute approximate surface area is 87.1 Å². The molecule has 0 atom stereocenters. The molecule has 0 spiro atoms. The first kappa shape index (κ1) is 11.2. The maximum absolute atomic E-state index is 11.1. The lowest BCUT2D eigenvalue weighted by Gasteiger charge is -2.01. The average Bonchev–Trinajstić information content (AvgIpc) is 2.26. The van der Waals surface area contributed by atoms with Crippen molar-refractivity contribution < 1.29 is 14.7 Å². The third kappa shape index (κ3) is 3.38. The number of carboxylic acids is 1. The van der Waals surface area contributed by atoms with Crippen molar-refractivity contribution in [2.24, 2.45) is 0 Å². The Hall–Kier alpha value is -1.91. The first-order valence-corrected chi connectivity index (χ1v) is 4.52. The molecule has 0 radical (unpaired) electrons. The molecule has 0 aliphatic carbocycles. The summed E-state index contributed by atoms with van der Waals surface area (Å²) in [5.41, 5.74) is 1.14. The van der Waals surface area contributed by atoms with E-state index >= 15 is 0 Å². The molecule has 1 rings (SSSR count). The largest absolute Gasteiger partial charge is 0.481 e. The Morgan fingerprint density at radius 2 is 2.20 bits per heavy atom. The van der Waals surface area contributed by atoms with Gasteiger partial charge in [0.15, 0.2) is 0 Å². The number of carbonyl (C=O) groups is 2. The van der Waals surface area contributed by atoms with Crippen LogP contribution in [0.2, 0.25) is 0 Å². The van der Waals surface area contributed by atoms with Crippen LogP contribution in [-0.4, -0.2) is 29.0 Å². The topological polar surface area (TPSA) is 79.3 Å². The Bertz CT molecular complexity index is 359. The van der Waals surface area contributed by atoms with Gasteiger partial charge in [-0.3, -0.25) is 14.6 Å². The van der Waals surface area contributed by atoms with Crippen LogP contribution in [0.5, 0.6) is 0 Å². The van der Waals surface area contributed by atoms with Crippen LogP contribution in [0, 0.1) is 0 Å². The molecule has 0 aliphatic heterocycles. The molecule has 0 aromatic carbocycles. The van der Waals surface area contributed by atoms with Crippen LogP contribution in [0.4, 0.5) is 0 Å². The Balaban J connectivity index is 2.64. The van der Waals surface area contributed by atoms with Gasteiger partial charge in [-0.1, -0.05) is 0 Å². The summed E-state index contributed by atoms with van der Waals surface area (Å²) < 4.78 is 0. The molecule has 0 aliphatic rings. The lowest BCUT2D eigenvalue weighted by molar-refractivity contribution is -0.136. The molecule has 1 amide bonds. The maximum Gasteiger partial charge on any atom is 0.303 e. The van der Waals surface area contributed by atoms with Crippen LogP contribution in [0.15, 0.2) is 18.3 Å². The number of pyridine rings is 1. The molecule has 0 bridgehead atoms. The molecule has 0 saturated carbocycles. The van der Waals surface area contributed by atoms with Crippen molar-refractivity contribution in [1.82, 2.24) is 10.3 Å². The maximum atomic E-state index is 11.1. The zero-order chi connectivity index (χ0) is 11.3. The molecule has 0 unspecified atom stereocenters. The van der Waals surface area contributed by atoms with Crippen molar-refractivity contribution in [2.45, 2.75) is 12.8 Å². The number of amides is 1. The van der Waals surface area contributed by atoms with Gasteiger partial charge in [0.25, 0.3) is 5.91 Å². The van der Waals surface area contributed by atoms with Crippen LogP contribution in [0.3, 0.4) is 0 Å². The van der Waals surface area contributed by atoms with Crippen molar-refractivity contribution in [3.8, 4) is 0 Å². The number of hydrogen-bond acceptors (Lipinski definition) is 3. The molecule has 5 heteroatoms. The van der Waals surface area contributed by atoms with Crippen molar-refractivity contribution in [3.05, 3.63) is 29.6 Å². The number of aryl methyl sites for hydroxylation is 1. The third-order valence-electron chi connectivity index (χ3n) is 1.91. The number of nitrogens with one attached hydrogen (secondary N) is 1. The summed E-state index contributed by atoms with van der Waals surface area (Å²) in [5, 5.41) is 10.9. The van der Waals surface area contributed by atoms with Crippen molar-refractivity contribution in [1.29, 1.82) is 0 Å². The van der Waals surface area contributed by atoms with E-state index in [1.807, 2.05) is 0 Å². The third-order valence-corrected chi connectivity index (χ3v) is 1.91. The number of aromatic nitrogens is 1. The number of carbonyl (C=O) groups excluding carboxylic acids is 1. The summed E-state index contributed by atoms with van der Waals surface area (Å²) in [5.74, 6) is -1.06. The van der Waals surface area contributed by atoms with Gasteiger partial charge in [0.05, 0.1) is 12.0 Å². The zero-order valence-corrected chi connectivity index (χ0v) is 8.36. The first-order valence-electron chi connectivity index (χ1n) is 4.52. The summed E-state index contributed by atoms with van der Waals surface area (Å²) in [7, 11) is 1.54. The van der Waals surface area contributed by atoms with E-state index < -0.39 is 5.97 Å². The second-order valence-corrected chi connectivity index (χ2v) is 3.01. The summed E-state index contributed by atoms with van der Waals surface area (Å²) in [6.45, 7) is 0. The Kier molecular flexibility index (Phi) is 3.79. The second kappa shape index (κ2) is 5.09. The van der Waals surface area contributed by atoms with Gasteiger partial charge in [0, 0.05) is 25.4 Å². The fourth-order valence-electron chi connectivity index (χ4n) is 1.09. The van der Waals surface area contributed by atoms with E-state index in [9.17, 15) is 9.59 Å². The quantitative estimate of drug-likeness (QED) is 0.753. The minimum absolute atomic E-state index is 0.0479. The van der Waals surface area contributed by atoms with Gasteiger partial charge in [-0.25, -0.2) is 0 Å². The highest BCUT2D eigenvalue weighted by Gasteiger charge is 2.04. The van der Waals surface area contributed by atoms with Crippen molar-refractivity contribution >= 4 is 11.9 Å². The van der Waals surface area contributed by atoms with E-state index in [1.165, 1.54) is 6.20 Å². The van der Waals surface area contributed by atoms with Gasteiger partial charge in [-0.15, -0.1) is 0 Å². The molecular formula is C10H12N2O3. The monoisotopic (exact) mass is 208 g/mol. The second-order valence-electron chi connectivity index (χ2n) is 3.01. The molecular weight excluding hydrogens is 196 g/mol. The highest BCUT2D eigenvalue weighted by molar-refractivity contribution is 5.93. The molecule has 1 aromatic heterocycles. The fraction of sp³-hybridized carbons (Fsp3) is 0.300. The summed E-state index contributed by atoms with van der Waals surface area (Å²) in [6, 6.07) is 3.29. The smallest absolute Gasteiger partial charge is 0.303 e. The van der Waals surface area contributed by atoms with Crippen molar-refractivity contribution in [3.63, 3.8) is 0 Å². The number of aliphatic carboxylic acids is 1. The predicted molar refractivity (Wildman–Crippen MR) is 53.6 cm³/mol. The SMILES string of the molecule is CNC(=O)c1ccc(CCC(=O)O)nc1. The number of rotatable bonds is 4. The number of nitrogens with zero attached hydrogens (tertiary/aromatic N) is 1. The summed E-state index contributed by atoms with van der Waals surface area (Å²) in [6.07, 6.45) is 1.87. The number of carboxylic acid groups (broad SMARTS) is 1. The standard InChI is InChI=1S/C10H12N2O3/c1-11-10(15)7-2-3-8(12-6-7)4-5-9(13)14/h2-3,6H,4-5H2,1H3,(H,11,15)(H,13,14). The van der Waals surface area contributed by atoms with Gasteiger partial charge >= 0.3 is 5.97 Å². The molecule has 1 aromatic rings. The van der Waals surface area contributed by atoms with Crippen LogP contribution in [0.25, 0.3) is 0 Å². The highest BCUT2D eigenvalue weighted by Crippen LogP contribution is 2.02. The molecule has 1 heterocycles. The van der Waals surface area contributed by atoms with Gasteiger partial charge < -0.3 is 10.4 Å². The van der Waals surface area contributed by atoms with E-state index in [4.69, 9.17) is 5.11 Å². The lowest BCUT2D eigenvalue weighted by Crippen LogP contribution is -2.18. The van der Waals surface area contributed by atoms with Crippen LogP contribution < -0.4 is 5.32 Å². The molecule has 15 heavy (non-hydrogen) atoms. The van der Waals surface area contributed by atoms with Crippen LogP contribution in [-0.2, 0) is 11.2 Å². The normalized spacial score (nSPS) is 9.67. The van der Waals surface area contributed by atoms with E-state index in [0.29, 0.717) is 17.7 Å². The van der Waals surface area contributed by atoms with Gasteiger partial charge in [0.2, 0.25) is 0 Å². The average molecular weight is 208 g/mol. The van der Waals surface area contributed by atoms with Gasteiger partial charge in [-0.05, 0) is 12.1 Å². The molecule has 80 valence electrons. The minimum atomic E-state index is -0.854. The summed E-state index contributed by atoms with van der Waals surface area (Å²) in [4.78, 5) is 25.4. The van der Waals surface area contributed by atoms with Gasteiger partial charge in [0.1, 0.15) is 0 Å². The van der Waals surface area contributed by atoms with Crippen molar-refractivity contribution in [2.75, 3.05) is 7.05 Å². The molecule has 5 nitrogen and oxygen atoms in total. The van der Waals surface area contributed by atoms with E-state index in [-0.39, 0.29) is 12.3 Å². The fourth-order valence-corrected chi connectivity index (χ4v) is 1.09. The highest BCUT2D eigenvalue weighted by atomic mass is 16.4. The molecule has 0 fully saturated rings. The van der Waals surface area contributed by atoms with E-state index in [0.717, 1.165) is 0 Å². The zero-order valence-electron chi connectivity index (χ0n) is 8.36.